The van der Waals surface area contributed by atoms with Crippen LogP contribution in [0.1, 0.15) is 11.1 Å². The largest absolute Gasteiger partial charge is 0.490 e. The molecule has 2 rings (SSSR count). The van der Waals surface area contributed by atoms with E-state index >= 15 is 0 Å². The van der Waals surface area contributed by atoms with Crippen molar-refractivity contribution in [2.45, 2.75) is 6.61 Å². The maximum absolute atomic E-state index is 9.01. The fourth-order valence-corrected chi connectivity index (χ4v) is 1.63. The SMILES string of the molecule is OCc1cccc(OC/C=C/c2ccccc2)c1. The molecule has 2 aromatic carbocycles. The van der Waals surface area contributed by atoms with Crippen molar-refractivity contribution in [3.05, 3.63) is 71.8 Å². The predicted octanol–water partition coefficient (Wildman–Crippen LogP) is 3.27. The normalized spacial score (nSPS) is 10.7. The van der Waals surface area contributed by atoms with Crippen molar-refractivity contribution in [3.63, 3.8) is 0 Å². The Labute approximate surface area is 107 Å². The molecule has 0 heterocycles. The van der Waals surface area contributed by atoms with Crippen LogP contribution in [0.5, 0.6) is 5.75 Å². The number of aliphatic hydroxyl groups is 1. The van der Waals surface area contributed by atoms with Gasteiger partial charge in [-0.15, -0.1) is 0 Å². The van der Waals surface area contributed by atoms with Crippen LogP contribution >= 0.6 is 0 Å². The topological polar surface area (TPSA) is 29.5 Å². The van der Waals surface area contributed by atoms with Crippen LogP contribution in [0, 0.1) is 0 Å². The van der Waals surface area contributed by atoms with Crippen LogP contribution in [-0.2, 0) is 6.61 Å². The molecule has 0 unspecified atom stereocenters. The molecular formula is C16H16O2. The molecule has 2 aromatic rings. The summed E-state index contributed by atoms with van der Waals surface area (Å²) in [7, 11) is 0. The molecule has 0 saturated carbocycles. The third-order valence-electron chi connectivity index (χ3n) is 2.54. The van der Waals surface area contributed by atoms with E-state index in [1.54, 1.807) is 0 Å². The summed E-state index contributed by atoms with van der Waals surface area (Å²) in [6.07, 6.45) is 4.00. The van der Waals surface area contributed by atoms with E-state index in [9.17, 15) is 0 Å². The second-order valence-electron chi connectivity index (χ2n) is 3.93. The third-order valence-corrected chi connectivity index (χ3v) is 2.54. The Hall–Kier alpha value is -2.06. The van der Waals surface area contributed by atoms with E-state index in [2.05, 4.69) is 0 Å². The molecule has 0 spiro atoms. The number of aliphatic hydroxyl groups excluding tert-OH is 1. The van der Waals surface area contributed by atoms with Crippen molar-refractivity contribution < 1.29 is 9.84 Å². The fourth-order valence-electron chi connectivity index (χ4n) is 1.63. The lowest BCUT2D eigenvalue weighted by Gasteiger charge is -2.04. The molecule has 0 aliphatic rings. The molecule has 0 aliphatic carbocycles. The van der Waals surface area contributed by atoms with Crippen molar-refractivity contribution in [3.8, 4) is 5.75 Å². The molecule has 0 aliphatic heterocycles. The first-order chi connectivity index (χ1) is 8.88. The number of benzene rings is 2. The van der Waals surface area contributed by atoms with Gasteiger partial charge in [-0.2, -0.15) is 0 Å². The van der Waals surface area contributed by atoms with Crippen LogP contribution in [0.3, 0.4) is 0 Å². The Morgan fingerprint density at radius 3 is 2.61 bits per heavy atom. The highest BCUT2D eigenvalue weighted by Gasteiger charge is 1.94. The van der Waals surface area contributed by atoms with Gasteiger partial charge in [0.2, 0.25) is 0 Å². The highest BCUT2D eigenvalue weighted by Crippen LogP contribution is 2.13. The highest BCUT2D eigenvalue weighted by molar-refractivity contribution is 5.48. The number of hydrogen-bond acceptors (Lipinski definition) is 2. The number of rotatable bonds is 5. The van der Waals surface area contributed by atoms with E-state index in [0.29, 0.717) is 6.61 Å². The minimum atomic E-state index is 0.0387. The summed E-state index contributed by atoms with van der Waals surface area (Å²) in [6, 6.07) is 17.6. The van der Waals surface area contributed by atoms with E-state index in [1.807, 2.05) is 66.7 Å². The summed E-state index contributed by atoms with van der Waals surface area (Å²) in [4.78, 5) is 0. The lowest BCUT2D eigenvalue weighted by atomic mass is 10.2. The maximum Gasteiger partial charge on any atom is 0.120 e. The van der Waals surface area contributed by atoms with Gasteiger partial charge in [0, 0.05) is 0 Å². The van der Waals surface area contributed by atoms with Gasteiger partial charge in [-0.25, -0.2) is 0 Å². The molecule has 18 heavy (non-hydrogen) atoms. The molecule has 0 saturated heterocycles. The molecule has 2 heteroatoms. The molecule has 0 aromatic heterocycles. The Bertz CT molecular complexity index is 504. The van der Waals surface area contributed by atoms with E-state index in [1.165, 1.54) is 0 Å². The van der Waals surface area contributed by atoms with E-state index < -0.39 is 0 Å². The summed E-state index contributed by atoms with van der Waals surface area (Å²) in [5.41, 5.74) is 2.02. The van der Waals surface area contributed by atoms with Crippen LogP contribution in [0.2, 0.25) is 0 Å². The minimum absolute atomic E-state index is 0.0387. The first-order valence-corrected chi connectivity index (χ1v) is 5.92. The molecule has 0 radical (unpaired) electrons. The first kappa shape index (κ1) is 12.4. The van der Waals surface area contributed by atoms with Crippen molar-refractivity contribution in [2.24, 2.45) is 0 Å². The number of hydrogen-bond donors (Lipinski definition) is 1. The van der Waals surface area contributed by atoms with Crippen LogP contribution in [-0.4, -0.2) is 11.7 Å². The zero-order chi connectivity index (χ0) is 12.6. The van der Waals surface area contributed by atoms with Gasteiger partial charge in [-0.1, -0.05) is 48.5 Å². The van der Waals surface area contributed by atoms with Crippen LogP contribution in [0.25, 0.3) is 6.08 Å². The van der Waals surface area contributed by atoms with Gasteiger partial charge in [0.1, 0.15) is 12.4 Å². The van der Waals surface area contributed by atoms with E-state index in [-0.39, 0.29) is 6.61 Å². The summed E-state index contributed by atoms with van der Waals surface area (Å²) < 4.78 is 5.57. The number of ether oxygens (including phenoxy) is 1. The van der Waals surface area contributed by atoms with Crippen LogP contribution in [0.4, 0.5) is 0 Å². The van der Waals surface area contributed by atoms with E-state index in [0.717, 1.165) is 16.9 Å². The smallest absolute Gasteiger partial charge is 0.120 e. The minimum Gasteiger partial charge on any atom is -0.490 e. The van der Waals surface area contributed by atoms with Crippen molar-refractivity contribution in [1.29, 1.82) is 0 Å². The lowest BCUT2D eigenvalue weighted by molar-refractivity contribution is 0.280. The molecule has 0 amide bonds. The Balaban J connectivity index is 1.86. The summed E-state index contributed by atoms with van der Waals surface area (Å²) in [5, 5.41) is 9.01. The Morgan fingerprint density at radius 1 is 1.00 bits per heavy atom. The molecule has 1 N–H and O–H groups in total. The molecule has 92 valence electrons. The lowest BCUT2D eigenvalue weighted by Crippen LogP contribution is -1.94. The molecule has 0 bridgehead atoms. The van der Waals surface area contributed by atoms with Crippen LogP contribution < -0.4 is 4.74 Å². The second-order valence-corrected chi connectivity index (χ2v) is 3.93. The monoisotopic (exact) mass is 240 g/mol. The van der Waals surface area contributed by atoms with Crippen molar-refractivity contribution >= 4 is 6.08 Å². The van der Waals surface area contributed by atoms with Gasteiger partial charge in [0.25, 0.3) is 0 Å². The predicted molar refractivity (Wildman–Crippen MR) is 73.3 cm³/mol. The van der Waals surface area contributed by atoms with Crippen molar-refractivity contribution in [1.82, 2.24) is 0 Å². The second kappa shape index (κ2) is 6.62. The molecule has 2 nitrogen and oxygen atoms in total. The van der Waals surface area contributed by atoms with Gasteiger partial charge in [-0.05, 0) is 29.3 Å². The van der Waals surface area contributed by atoms with Gasteiger partial charge >= 0.3 is 0 Å². The summed E-state index contributed by atoms with van der Waals surface area (Å²) in [6.45, 7) is 0.556. The average Bonchev–Trinajstić information content (AvgIpc) is 2.45. The van der Waals surface area contributed by atoms with Crippen molar-refractivity contribution in [2.75, 3.05) is 6.61 Å². The zero-order valence-corrected chi connectivity index (χ0v) is 10.1. The Kier molecular flexibility index (Phi) is 4.56. The quantitative estimate of drug-likeness (QED) is 0.869. The summed E-state index contributed by atoms with van der Waals surface area (Å²) in [5.74, 6) is 0.777. The van der Waals surface area contributed by atoms with Crippen LogP contribution in [0.15, 0.2) is 60.7 Å². The summed E-state index contributed by atoms with van der Waals surface area (Å²) >= 11 is 0. The van der Waals surface area contributed by atoms with Gasteiger partial charge in [-0.3, -0.25) is 0 Å². The third kappa shape index (κ3) is 3.75. The highest BCUT2D eigenvalue weighted by atomic mass is 16.5. The molecule has 0 fully saturated rings. The maximum atomic E-state index is 9.01. The molecular weight excluding hydrogens is 224 g/mol. The Morgan fingerprint density at radius 2 is 1.83 bits per heavy atom. The fraction of sp³-hybridized carbons (Fsp3) is 0.125. The molecule has 0 atom stereocenters. The van der Waals surface area contributed by atoms with Gasteiger partial charge in [0.15, 0.2) is 0 Å². The standard InChI is InChI=1S/C16H16O2/c17-13-15-8-4-10-16(12-15)18-11-5-9-14-6-2-1-3-7-14/h1-10,12,17H,11,13H2/b9-5+. The van der Waals surface area contributed by atoms with Gasteiger partial charge in [0.05, 0.1) is 6.61 Å². The average molecular weight is 240 g/mol. The van der Waals surface area contributed by atoms with E-state index in [4.69, 9.17) is 9.84 Å². The van der Waals surface area contributed by atoms with Gasteiger partial charge < -0.3 is 9.84 Å². The zero-order valence-electron chi connectivity index (χ0n) is 10.1. The first-order valence-electron chi connectivity index (χ1n) is 5.92.